The zero-order valence-electron chi connectivity index (χ0n) is 18.3. The van der Waals surface area contributed by atoms with Crippen molar-refractivity contribution in [3.05, 3.63) is 108 Å². The number of hydrogen-bond donors (Lipinski definition) is 1. The van der Waals surface area contributed by atoms with Gasteiger partial charge in [-0.15, -0.1) is 0 Å². The number of halogens is 1. The molecule has 0 amide bonds. The fourth-order valence-electron chi connectivity index (χ4n) is 3.80. The molecule has 1 aliphatic heterocycles. The molecule has 1 N–H and O–H groups in total. The van der Waals surface area contributed by atoms with Crippen LogP contribution in [0.25, 0.3) is 0 Å². The largest absolute Gasteiger partial charge is 0.387 e. The molecular formula is C27H29ClO5. The standard InChI is InChI=1S/C27H29ClO5/c28-27-26(32-18-22-14-8-3-9-15-22)24(29)25(31-17-21-12-6-2-7-13-21)23(33-27)19-30-16-20-10-4-1-5-11-20/h1-15,23-27,29H,16-19H2/t23?,24?,25-,26?,27+/m1/s1. The first-order valence-corrected chi connectivity index (χ1v) is 11.5. The minimum atomic E-state index is -0.973. The normalized spacial score (nSPS) is 25.1. The van der Waals surface area contributed by atoms with Crippen LogP contribution in [0.3, 0.4) is 0 Å². The number of alkyl halides is 1. The Bertz CT molecular complexity index is 939. The van der Waals surface area contributed by atoms with Crippen molar-refractivity contribution in [2.45, 2.75) is 49.8 Å². The Balaban J connectivity index is 1.41. The molecule has 174 valence electrons. The highest BCUT2D eigenvalue weighted by Gasteiger charge is 2.46. The van der Waals surface area contributed by atoms with Gasteiger partial charge in [0.15, 0.2) is 5.56 Å². The Kier molecular flexibility index (Phi) is 8.89. The Hall–Kier alpha value is -2.25. The van der Waals surface area contributed by atoms with Crippen LogP contribution in [-0.4, -0.2) is 41.7 Å². The molecule has 0 saturated carbocycles. The zero-order chi connectivity index (χ0) is 22.9. The molecule has 5 nitrogen and oxygen atoms in total. The second-order valence-corrected chi connectivity index (χ2v) is 8.47. The maximum Gasteiger partial charge on any atom is 0.160 e. The van der Waals surface area contributed by atoms with Crippen LogP contribution in [0.2, 0.25) is 0 Å². The van der Waals surface area contributed by atoms with Crippen LogP contribution in [0.5, 0.6) is 0 Å². The molecule has 0 aliphatic carbocycles. The van der Waals surface area contributed by atoms with E-state index in [1.165, 1.54) is 0 Å². The molecule has 6 heteroatoms. The van der Waals surface area contributed by atoms with Crippen molar-refractivity contribution < 1.29 is 24.1 Å². The van der Waals surface area contributed by atoms with Crippen LogP contribution in [0, 0.1) is 0 Å². The van der Waals surface area contributed by atoms with Gasteiger partial charge in [-0.1, -0.05) is 103 Å². The fourth-order valence-corrected chi connectivity index (χ4v) is 4.15. The second kappa shape index (κ2) is 12.3. The van der Waals surface area contributed by atoms with Gasteiger partial charge in [-0.25, -0.2) is 0 Å². The molecule has 0 aromatic heterocycles. The summed E-state index contributed by atoms with van der Waals surface area (Å²) in [5.74, 6) is 0. The van der Waals surface area contributed by atoms with Crippen molar-refractivity contribution in [1.82, 2.24) is 0 Å². The average Bonchev–Trinajstić information content (AvgIpc) is 2.85. The van der Waals surface area contributed by atoms with Crippen molar-refractivity contribution in [2.75, 3.05) is 6.61 Å². The first kappa shape index (κ1) is 23.9. The van der Waals surface area contributed by atoms with Gasteiger partial charge in [0, 0.05) is 0 Å². The summed E-state index contributed by atoms with van der Waals surface area (Å²) in [5, 5.41) is 11.2. The van der Waals surface area contributed by atoms with Crippen molar-refractivity contribution in [2.24, 2.45) is 0 Å². The predicted molar refractivity (Wildman–Crippen MR) is 127 cm³/mol. The summed E-state index contributed by atoms with van der Waals surface area (Å²) in [6.07, 6.45) is -2.90. The van der Waals surface area contributed by atoms with E-state index < -0.39 is 30.0 Å². The van der Waals surface area contributed by atoms with Gasteiger partial charge in [0.05, 0.1) is 26.4 Å². The monoisotopic (exact) mass is 468 g/mol. The molecule has 3 aromatic rings. The molecule has 1 saturated heterocycles. The predicted octanol–water partition coefficient (Wildman–Crippen LogP) is 4.70. The van der Waals surface area contributed by atoms with Crippen LogP contribution in [0.4, 0.5) is 0 Å². The Labute approximate surface area is 199 Å². The molecule has 5 atom stereocenters. The van der Waals surface area contributed by atoms with Crippen molar-refractivity contribution >= 4 is 11.6 Å². The van der Waals surface area contributed by atoms with E-state index >= 15 is 0 Å². The molecule has 3 unspecified atom stereocenters. The van der Waals surface area contributed by atoms with E-state index in [-0.39, 0.29) is 6.61 Å². The highest BCUT2D eigenvalue weighted by molar-refractivity contribution is 6.20. The molecular weight excluding hydrogens is 440 g/mol. The van der Waals surface area contributed by atoms with E-state index in [2.05, 4.69) is 0 Å². The molecule has 0 spiro atoms. The lowest BCUT2D eigenvalue weighted by Gasteiger charge is -2.42. The summed E-state index contributed by atoms with van der Waals surface area (Å²) in [5.41, 5.74) is 2.22. The topological polar surface area (TPSA) is 57.2 Å². The van der Waals surface area contributed by atoms with Gasteiger partial charge < -0.3 is 24.1 Å². The van der Waals surface area contributed by atoms with Crippen LogP contribution < -0.4 is 0 Å². The van der Waals surface area contributed by atoms with E-state index in [9.17, 15) is 5.11 Å². The van der Waals surface area contributed by atoms with E-state index in [1.54, 1.807) is 0 Å². The lowest BCUT2D eigenvalue weighted by molar-refractivity contribution is -0.242. The number of aliphatic hydroxyl groups is 1. The minimum absolute atomic E-state index is 0.236. The molecule has 1 heterocycles. The number of ether oxygens (including phenoxy) is 4. The zero-order valence-corrected chi connectivity index (χ0v) is 19.1. The van der Waals surface area contributed by atoms with E-state index in [0.29, 0.717) is 19.8 Å². The summed E-state index contributed by atoms with van der Waals surface area (Å²) in [6.45, 7) is 1.32. The van der Waals surface area contributed by atoms with Crippen LogP contribution in [-0.2, 0) is 38.8 Å². The molecule has 0 radical (unpaired) electrons. The fraction of sp³-hybridized carbons (Fsp3) is 0.333. The van der Waals surface area contributed by atoms with Gasteiger partial charge in [-0.05, 0) is 16.7 Å². The summed E-state index contributed by atoms with van der Waals surface area (Å²) in [6, 6.07) is 29.5. The number of rotatable bonds is 10. The third-order valence-electron chi connectivity index (χ3n) is 5.57. The van der Waals surface area contributed by atoms with Crippen LogP contribution in [0.1, 0.15) is 16.7 Å². The quantitative estimate of drug-likeness (QED) is 0.437. The van der Waals surface area contributed by atoms with Gasteiger partial charge in [0.25, 0.3) is 0 Å². The Morgan fingerprint density at radius 2 is 1.12 bits per heavy atom. The van der Waals surface area contributed by atoms with Crippen molar-refractivity contribution in [3.63, 3.8) is 0 Å². The molecule has 1 fully saturated rings. The van der Waals surface area contributed by atoms with E-state index in [4.69, 9.17) is 30.5 Å². The third-order valence-corrected chi connectivity index (χ3v) is 5.92. The van der Waals surface area contributed by atoms with Crippen LogP contribution >= 0.6 is 11.6 Å². The second-order valence-electron chi connectivity index (χ2n) is 8.04. The summed E-state index contributed by atoms with van der Waals surface area (Å²) in [7, 11) is 0. The summed E-state index contributed by atoms with van der Waals surface area (Å²) < 4.78 is 24.0. The molecule has 33 heavy (non-hydrogen) atoms. The maximum absolute atomic E-state index is 11.2. The van der Waals surface area contributed by atoms with Crippen LogP contribution in [0.15, 0.2) is 91.0 Å². The van der Waals surface area contributed by atoms with E-state index in [0.717, 1.165) is 16.7 Å². The number of hydrogen-bond acceptors (Lipinski definition) is 5. The van der Waals surface area contributed by atoms with E-state index in [1.807, 2.05) is 91.0 Å². The summed E-state index contributed by atoms with van der Waals surface area (Å²) >= 11 is 6.50. The maximum atomic E-state index is 11.2. The smallest absolute Gasteiger partial charge is 0.160 e. The molecule has 4 rings (SSSR count). The number of aliphatic hydroxyl groups excluding tert-OH is 1. The highest BCUT2D eigenvalue weighted by atomic mass is 35.5. The molecule has 0 bridgehead atoms. The van der Waals surface area contributed by atoms with Crippen molar-refractivity contribution in [1.29, 1.82) is 0 Å². The van der Waals surface area contributed by atoms with Gasteiger partial charge >= 0.3 is 0 Å². The highest BCUT2D eigenvalue weighted by Crippen LogP contribution is 2.29. The van der Waals surface area contributed by atoms with Gasteiger partial charge in [-0.3, -0.25) is 0 Å². The number of benzene rings is 3. The van der Waals surface area contributed by atoms with Gasteiger partial charge in [0.2, 0.25) is 0 Å². The Morgan fingerprint density at radius 3 is 1.64 bits per heavy atom. The average molecular weight is 469 g/mol. The lowest BCUT2D eigenvalue weighted by Crippen LogP contribution is -2.58. The summed E-state index contributed by atoms with van der Waals surface area (Å²) in [4.78, 5) is 0. The lowest BCUT2D eigenvalue weighted by atomic mass is 9.99. The van der Waals surface area contributed by atoms with Gasteiger partial charge in [-0.2, -0.15) is 0 Å². The SMILES string of the molecule is OC1C(OCc2ccccc2)[C@@H](Cl)OC(COCc2ccccc2)[C@H]1OCc1ccccc1. The molecule has 3 aromatic carbocycles. The molecule has 1 aliphatic rings. The van der Waals surface area contributed by atoms with Gasteiger partial charge in [0.1, 0.15) is 24.4 Å². The third kappa shape index (κ3) is 6.87. The first-order chi connectivity index (χ1) is 16.2. The first-order valence-electron chi connectivity index (χ1n) is 11.1. The Morgan fingerprint density at radius 1 is 0.667 bits per heavy atom. The van der Waals surface area contributed by atoms with Crippen molar-refractivity contribution in [3.8, 4) is 0 Å². The minimum Gasteiger partial charge on any atom is -0.387 e.